The van der Waals surface area contributed by atoms with Crippen molar-refractivity contribution in [2.24, 2.45) is 0 Å². The number of hydrogen-bond donors (Lipinski definition) is 1. The van der Waals surface area contributed by atoms with Gasteiger partial charge in [-0.15, -0.1) is 10.2 Å². The normalized spacial score (nSPS) is 17.8. The van der Waals surface area contributed by atoms with Crippen molar-refractivity contribution in [1.29, 1.82) is 0 Å². The maximum atomic E-state index is 12.9. The van der Waals surface area contributed by atoms with E-state index in [1.54, 1.807) is 12.1 Å². The lowest BCUT2D eigenvalue weighted by molar-refractivity contribution is -0.0494. The molecule has 0 amide bonds. The van der Waals surface area contributed by atoms with Crippen LogP contribution in [0.15, 0.2) is 30.5 Å². The highest BCUT2D eigenvalue weighted by Gasteiger charge is 2.21. The van der Waals surface area contributed by atoms with Crippen molar-refractivity contribution >= 4 is 23.1 Å². The van der Waals surface area contributed by atoms with Crippen molar-refractivity contribution in [2.75, 3.05) is 25.5 Å². The maximum Gasteiger partial charge on any atom is 0.387 e. The number of likely N-dealkylation sites (tertiary alicyclic amines) is 1. The molecule has 154 valence electrons. The molecule has 9 heteroatoms. The Kier molecular flexibility index (Phi) is 5.56. The molecule has 1 aliphatic heterocycles. The molecule has 1 atom stereocenters. The minimum absolute atomic E-state index is 0.0304. The fraction of sp³-hybridized carbons (Fsp3) is 0.400. The molecular formula is C20H22ClF2N5O. The SMILES string of the molecule is Cc1cc2c(-c3ccc(Cl)cc3OC(F)F)nnc(NC3CCCN(C)C3)n2c1. The fourth-order valence-electron chi connectivity index (χ4n) is 3.79. The number of nitrogens with one attached hydrogen (secondary N) is 1. The Morgan fingerprint density at radius 1 is 1.28 bits per heavy atom. The third-order valence-corrected chi connectivity index (χ3v) is 5.28. The number of nitrogens with zero attached hydrogens (tertiary/aromatic N) is 4. The number of fused-ring (bicyclic) bond motifs is 1. The number of aryl methyl sites for hydroxylation is 1. The third kappa shape index (κ3) is 4.28. The van der Waals surface area contributed by atoms with Crippen LogP contribution in [0.2, 0.25) is 5.02 Å². The first kappa shape index (κ1) is 19.8. The summed E-state index contributed by atoms with van der Waals surface area (Å²) in [4.78, 5) is 2.28. The second kappa shape index (κ2) is 8.12. The van der Waals surface area contributed by atoms with Gasteiger partial charge in [0.25, 0.3) is 0 Å². The van der Waals surface area contributed by atoms with E-state index in [1.807, 2.05) is 23.6 Å². The topological polar surface area (TPSA) is 54.7 Å². The number of aromatic nitrogens is 3. The Morgan fingerprint density at radius 2 is 2.10 bits per heavy atom. The molecule has 1 saturated heterocycles. The molecule has 1 aromatic carbocycles. The first-order valence-electron chi connectivity index (χ1n) is 9.46. The van der Waals surface area contributed by atoms with Gasteiger partial charge in [-0.3, -0.25) is 4.40 Å². The molecule has 0 saturated carbocycles. The van der Waals surface area contributed by atoms with Gasteiger partial charge in [-0.25, -0.2) is 0 Å². The number of benzene rings is 1. The van der Waals surface area contributed by atoms with Crippen LogP contribution in [0.5, 0.6) is 5.75 Å². The second-order valence-electron chi connectivity index (χ2n) is 7.41. The summed E-state index contributed by atoms with van der Waals surface area (Å²) < 4.78 is 32.4. The summed E-state index contributed by atoms with van der Waals surface area (Å²) >= 11 is 5.98. The molecule has 0 radical (unpaired) electrons. The highest BCUT2D eigenvalue weighted by molar-refractivity contribution is 6.30. The van der Waals surface area contributed by atoms with Gasteiger partial charge in [-0.05, 0) is 63.2 Å². The van der Waals surface area contributed by atoms with Gasteiger partial charge in [0.15, 0.2) is 0 Å². The van der Waals surface area contributed by atoms with E-state index in [9.17, 15) is 8.78 Å². The zero-order valence-electron chi connectivity index (χ0n) is 16.2. The Hall–Kier alpha value is -2.45. The van der Waals surface area contributed by atoms with E-state index in [4.69, 9.17) is 11.6 Å². The Balaban J connectivity index is 1.76. The Morgan fingerprint density at radius 3 is 2.86 bits per heavy atom. The number of hydrogen-bond acceptors (Lipinski definition) is 5. The van der Waals surface area contributed by atoms with Gasteiger partial charge in [0.1, 0.15) is 11.4 Å². The number of halogens is 3. The van der Waals surface area contributed by atoms with Crippen LogP contribution < -0.4 is 10.1 Å². The van der Waals surface area contributed by atoms with E-state index < -0.39 is 6.61 Å². The van der Waals surface area contributed by atoms with Gasteiger partial charge < -0.3 is 15.0 Å². The van der Waals surface area contributed by atoms with E-state index in [0.717, 1.165) is 37.0 Å². The lowest BCUT2D eigenvalue weighted by Crippen LogP contribution is -2.40. The van der Waals surface area contributed by atoms with Gasteiger partial charge in [-0.1, -0.05) is 11.6 Å². The van der Waals surface area contributed by atoms with Crippen molar-refractivity contribution in [3.8, 4) is 17.0 Å². The van der Waals surface area contributed by atoms with Crippen molar-refractivity contribution in [1.82, 2.24) is 19.5 Å². The summed E-state index contributed by atoms with van der Waals surface area (Å²) in [6.07, 6.45) is 4.12. The molecule has 6 nitrogen and oxygen atoms in total. The molecule has 3 heterocycles. The molecule has 0 bridgehead atoms. The standard InChI is InChI=1S/C20H22ClF2N5O/c1-12-8-16-18(15-6-5-13(21)9-17(15)29-19(22)23)25-26-20(28(16)10-12)24-14-4-3-7-27(2)11-14/h5-6,8-10,14,19H,3-4,7,11H2,1-2H3,(H,24,26). The lowest BCUT2D eigenvalue weighted by Gasteiger charge is -2.30. The van der Waals surface area contributed by atoms with Crippen LogP contribution in [0.4, 0.5) is 14.7 Å². The third-order valence-electron chi connectivity index (χ3n) is 5.04. The van der Waals surface area contributed by atoms with Gasteiger partial charge in [0.2, 0.25) is 5.95 Å². The molecule has 1 aliphatic rings. The monoisotopic (exact) mass is 421 g/mol. The number of rotatable bonds is 5. The molecule has 1 unspecified atom stereocenters. The quantitative estimate of drug-likeness (QED) is 0.659. The largest absolute Gasteiger partial charge is 0.434 e. The minimum Gasteiger partial charge on any atom is -0.434 e. The van der Waals surface area contributed by atoms with Gasteiger partial charge >= 0.3 is 6.61 Å². The van der Waals surface area contributed by atoms with Crippen LogP contribution in [0, 0.1) is 6.92 Å². The van der Waals surface area contributed by atoms with E-state index in [2.05, 4.69) is 32.2 Å². The van der Waals surface area contributed by atoms with Crippen molar-refractivity contribution < 1.29 is 13.5 Å². The highest BCUT2D eigenvalue weighted by atomic mass is 35.5. The predicted octanol–water partition coefficient (Wildman–Crippen LogP) is 4.47. The molecule has 3 aromatic rings. The summed E-state index contributed by atoms with van der Waals surface area (Å²) in [5.41, 5.74) is 2.63. The van der Waals surface area contributed by atoms with Crippen LogP contribution in [0.25, 0.3) is 16.8 Å². The molecule has 0 aliphatic carbocycles. The number of anilines is 1. The van der Waals surface area contributed by atoms with Gasteiger partial charge in [0.05, 0.1) is 5.52 Å². The average molecular weight is 422 g/mol. The molecule has 29 heavy (non-hydrogen) atoms. The van der Waals surface area contributed by atoms with Gasteiger partial charge in [0, 0.05) is 29.4 Å². The highest BCUT2D eigenvalue weighted by Crippen LogP contribution is 2.35. The summed E-state index contributed by atoms with van der Waals surface area (Å²) in [6, 6.07) is 6.82. The van der Waals surface area contributed by atoms with E-state index in [0.29, 0.717) is 22.2 Å². The number of piperidine rings is 1. The fourth-order valence-corrected chi connectivity index (χ4v) is 3.95. The molecule has 4 rings (SSSR count). The zero-order chi connectivity index (χ0) is 20.5. The Bertz CT molecular complexity index is 1030. The number of likely N-dealkylation sites (N-methyl/N-ethyl adjacent to an activating group) is 1. The maximum absolute atomic E-state index is 12.9. The summed E-state index contributed by atoms with van der Waals surface area (Å²) in [5, 5.41) is 12.5. The summed E-state index contributed by atoms with van der Waals surface area (Å²) in [6.45, 7) is 1.01. The number of alkyl halides is 2. The average Bonchev–Trinajstić information content (AvgIpc) is 3.04. The minimum atomic E-state index is -2.96. The predicted molar refractivity (Wildman–Crippen MR) is 109 cm³/mol. The van der Waals surface area contributed by atoms with Crippen molar-refractivity contribution in [2.45, 2.75) is 32.4 Å². The summed E-state index contributed by atoms with van der Waals surface area (Å²) in [5.74, 6) is 0.597. The molecule has 0 spiro atoms. The van der Waals surface area contributed by atoms with Crippen LogP contribution in [-0.2, 0) is 0 Å². The molecule has 2 aromatic heterocycles. The van der Waals surface area contributed by atoms with E-state index in [1.165, 1.54) is 6.07 Å². The van der Waals surface area contributed by atoms with Crippen LogP contribution in [0.1, 0.15) is 18.4 Å². The smallest absolute Gasteiger partial charge is 0.387 e. The van der Waals surface area contributed by atoms with Crippen LogP contribution in [0.3, 0.4) is 0 Å². The van der Waals surface area contributed by atoms with Gasteiger partial charge in [-0.2, -0.15) is 8.78 Å². The lowest BCUT2D eigenvalue weighted by atomic mass is 10.1. The number of ether oxygens (including phenoxy) is 1. The van der Waals surface area contributed by atoms with Crippen LogP contribution >= 0.6 is 11.6 Å². The van der Waals surface area contributed by atoms with Crippen molar-refractivity contribution in [3.05, 3.63) is 41.0 Å². The second-order valence-corrected chi connectivity index (χ2v) is 7.85. The first-order valence-corrected chi connectivity index (χ1v) is 9.83. The molecule has 1 fully saturated rings. The van der Waals surface area contributed by atoms with Crippen LogP contribution in [-0.4, -0.2) is 52.3 Å². The molecular weight excluding hydrogens is 400 g/mol. The van der Waals surface area contributed by atoms with E-state index in [-0.39, 0.29) is 11.8 Å². The molecule has 1 N–H and O–H groups in total. The van der Waals surface area contributed by atoms with Crippen molar-refractivity contribution in [3.63, 3.8) is 0 Å². The zero-order valence-corrected chi connectivity index (χ0v) is 17.0. The first-order chi connectivity index (χ1) is 13.9. The van der Waals surface area contributed by atoms with E-state index >= 15 is 0 Å². The Labute approximate surface area is 172 Å². The summed E-state index contributed by atoms with van der Waals surface area (Å²) in [7, 11) is 2.10.